The molecular formula is C21H20O5. The second-order valence-electron chi connectivity index (χ2n) is 6.78. The SMILES string of the molecule is C=C(C)[C@@H]1COc2c(C)cc3oc4cccc(OC)c4c(=O)c3c2[C@@H]1O. The molecular weight excluding hydrogens is 332 g/mol. The average Bonchev–Trinajstić information content (AvgIpc) is 2.61. The minimum absolute atomic E-state index is 0.236. The van der Waals surface area contributed by atoms with E-state index in [0.29, 0.717) is 45.6 Å². The molecule has 1 aromatic heterocycles. The van der Waals surface area contributed by atoms with Gasteiger partial charge in [0.2, 0.25) is 5.43 Å². The van der Waals surface area contributed by atoms with Gasteiger partial charge in [0.1, 0.15) is 28.1 Å². The molecule has 0 saturated carbocycles. The Morgan fingerprint density at radius 1 is 1.31 bits per heavy atom. The number of hydrogen-bond acceptors (Lipinski definition) is 5. The van der Waals surface area contributed by atoms with Gasteiger partial charge in [-0.3, -0.25) is 4.79 Å². The van der Waals surface area contributed by atoms with Gasteiger partial charge in [0.05, 0.1) is 25.2 Å². The van der Waals surface area contributed by atoms with Crippen molar-refractivity contribution in [1.29, 1.82) is 0 Å². The topological polar surface area (TPSA) is 68.9 Å². The van der Waals surface area contributed by atoms with Gasteiger partial charge in [-0.25, -0.2) is 0 Å². The summed E-state index contributed by atoms with van der Waals surface area (Å²) in [6.45, 7) is 8.00. The minimum Gasteiger partial charge on any atom is -0.496 e. The lowest BCUT2D eigenvalue weighted by Gasteiger charge is -2.32. The van der Waals surface area contributed by atoms with Crippen LogP contribution in [0.4, 0.5) is 0 Å². The van der Waals surface area contributed by atoms with Crippen molar-refractivity contribution in [3.05, 3.63) is 57.8 Å². The second-order valence-corrected chi connectivity index (χ2v) is 6.78. The molecule has 5 heteroatoms. The van der Waals surface area contributed by atoms with Crippen LogP contribution in [0.3, 0.4) is 0 Å². The largest absolute Gasteiger partial charge is 0.496 e. The van der Waals surface area contributed by atoms with E-state index in [9.17, 15) is 9.90 Å². The summed E-state index contributed by atoms with van der Waals surface area (Å²) in [4.78, 5) is 13.3. The van der Waals surface area contributed by atoms with Crippen molar-refractivity contribution in [3.8, 4) is 11.5 Å². The highest BCUT2D eigenvalue weighted by molar-refractivity contribution is 5.96. The predicted molar refractivity (Wildman–Crippen MR) is 100 cm³/mol. The van der Waals surface area contributed by atoms with Gasteiger partial charge in [0.25, 0.3) is 0 Å². The fraction of sp³-hybridized carbons (Fsp3) is 0.286. The summed E-state index contributed by atoms with van der Waals surface area (Å²) in [6.07, 6.45) is -0.881. The molecule has 4 rings (SSSR count). The highest BCUT2D eigenvalue weighted by Crippen LogP contribution is 2.44. The van der Waals surface area contributed by atoms with Crippen molar-refractivity contribution in [3.63, 3.8) is 0 Å². The van der Waals surface area contributed by atoms with E-state index in [1.54, 1.807) is 24.3 Å². The lowest BCUT2D eigenvalue weighted by atomic mass is 9.85. The van der Waals surface area contributed by atoms with Crippen LogP contribution < -0.4 is 14.9 Å². The standard InChI is InChI=1S/C21H20O5/c1-10(2)12-9-25-21-11(3)8-15-17(18(21)19(12)22)20(23)16-13(24-4)6-5-7-14(16)26-15/h5-8,12,19,22H,1,9H2,2-4H3/t12-,19+/m0/s1. The summed E-state index contributed by atoms with van der Waals surface area (Å²) in [7, 11) is 1.51. The Labute approximate surface area is 150 Å². The van der Waals surface area contributed by atoms with Crippen LogP contribution in [0.2, 0.25) is 0 Å². The molecule has 2 atom stereocenters. The number of aliphatic hydroxyl groups excluding tert-OH is 1. The van der Waals surface area contributed by atoms with Gasteiger partial charge in [-0.05, 0) is 37.6 Å². The number of hydrogen-bond donors (Lipinski definition) is 1. The maximum absolute atomic E-state index is 13.3. The normalized spacial score (nSPS) is 19.2. The summed E-state index contributed by atoms with van der Waals surface area (Å²) in [5.41, 5.74) is 2.74. The van der Waals surface area contributed by atoms with Crippen molar-refractivity contribution in [2.45, 2.75) is 20.0 Å². The van der Waals surface area contributed by atoms with Crippen LogP contribution in [-0.2, 0) is 0 Å². The number of fused-ring (bicyclic) bond motifs is 4. The van der Waals surface area contributed by atoms with E-state index in [-0.39, 0.29) is 11.3 Å². The maximum atomic E-state index is 13.3. The Balaban J connectivity index is 2.17. The molecule has 1 N–H and O–H groups in total. The third-order valence-electron chi connectivity index (χ3n) is 5.07. The molecule has 0 aliphatic carbocycles. The molecule has 0 spiro atoms. The molecule has 0 unspecified atom stereocenters. The molecule has 1 aliphatic rings. The molecule has 2 aromatic carbocycles. The third-order valence-corrected chi connectivity index (χ3v) is 5.07. The Hall–Kier alpha value is -2.79. The van der Waals surface area contributed by atoms with Gasteiger partial charge in [-0.15, -0.1) is 0 Å². The Kier molecular flexibility index (Phi) is 3.77. The van der Waals surface area contributed by atoms with Crippen molar-refractivity contribution >= 4 is 21.9 Å². The quantitative estimate of drug-likeness (QED) is 0.560. The summed E-state index contributed by atoms with van der Waals surface area (Å²) in [5.74, 6) is 0.708. The van der Waals surface area contributed by atoms with E-state index in [1.807, 2.05) is 13.8 Å². The van der Waals surface area contributed by atoms with E-state index in [0.717, 1.165) is 11.1 Å². The lowest BCUT2D eigenvalue weighted by Crippen LogP contribution is -2.28. The molecule has 0 bridgehead atoms. The number of benzene rings is 2. The number of aryl methyl sites for hydroxylation is 1. The van der Waals surface area contributed by atoms with Gasteiger partial charge in [0.15, 0.2) is 0 Å². The number of aliphatic hydroxyl groups is 1. The Morgan fingerprint density at radius 3 is 2.77 bits per heavy atom. The molecule has 5 nitrogen and oxygen atoms in total. The summed E-state index contributed by atoms with van der Waals surface area (Å²) < 4.78 is 17.2. The van der Waals surface area contributed by atoms with E-state index < -0.39 is 6.10 Å². The summed E-state index contributed by atoms with van der Waals surface area (Å²) in [6, 6.07) is 7.00. The molecule has 134 valence electrons. The molecule has 3 aromatic rings. The number of methoxy groups -OCH3 is 1. The zero-order valence-corrected chi connectivity index (χ0v) is 15.0. The van der Waals surface area contributed by atoms with Crippen molar-refractivity contribution in [1.82, 2.24) is 0 Å². The summed E-state index contributed by atoms with van der Waals surface area (Å²) in [5, 5.41) is 11.7. The molecule has 26 heavy (non-hydrogen) atoms. The predicted octanol–water partition coefficient (Wildman–Crippen LogP) is 3.88. The Bertz CT molecular complexity index is 1110. The molecule has 0 amide bonds. The highest BCUT2D eigenvalue weighted by Gasteiger charge is 2.34. The van der Waals surface area contributed by atoms with Gasteiger partial charge < -0.3 is 19.0 Å². The van der Waals surface area contributed by atoms with Crippen molar-refractivity contribution in [2.75, 3.05) is 13.7 Å². The van der Waals surface area contributed by atoms with E-state index in [4.69, 9.17) is 13.9 Å². The molecule has 2 heterocycles. The van der Waals surface area contributed by atoms with Crippen molar-refractivity contribution < 1.29 is 19.0 Å². The van der Waals surface area contributed by atoms with Crippen LogP contribution in [-0.4, -0.2) is 18.8 Å². The Morgan fingerprint density at radius 2 is 2.08 bits per heavy atom. The first kappa shape index (κ1) is 16.7. The van der Waals surface area contributed by atoms with Gasteiger partial charge in [-0.1, -0.05) is 18.2 Å². The fourth-order valence-corrected chi connectivity index (χ4v) is 3.69. The molecule has 1 aliphatic heterocycles. The zero-order chi connectivity index (χ0) is 18.6. The van der Waals surface area contributed by atoms with Crippen molar-refractivity contribution in [2.24, 2.45) is 5.92 Å². The van der Waals surface area contributed by atoms with E-state index in [1.165, 1.54) is 7.11 Å². The fourth-order valence-electron chi connectivity index (χ4n) is 3.69. The second kappa shape index (κ2) is 5.88. The van der Waals surface area contributed by atoms with Crippen LogP contribution in [0.1, 0.15) is 24.2 Å². The summed E-state index contributed by atoms with van der Waals surface area (Å²) >= 11 is 0. The van der Waals surface area contributed by atoms with Crippen LogP contribution >= 0.6 is 0 Å². The first-order valence-corrected chi connectivity index (χ1v) is 8.47. The zero-order valence-electron chi connectivity index (χ0n) is 15.0. The lowest BCUT2D eigenvalue weighted by molar-refractivity contribution is 0.0701. The molecule has 0 radical (unpaired) electrons. The first-order chi connectivity index (χ1) is 12.4. The smallest absolute Gasteiger partial charge is 0.204 e. The van der Waals surface area contributed by atoms with E-state index in [2.05, 4.69) is 6.58 Å². The van der Waals surface area contributed by atoms with Gasteiger partial charge in [0, 0.05) is 11.5 Å². The van der Waals surface area contributed by atoms with Crippen LogP contribution in [0, 0.1) is 12.8 Å². The van der Waals surface area contributed by atoms with Gasteiger partial charge in [-0.2, -0.15) is 0 Å². The maximum Gasteiger partial charge on any atom is 0.204 e. The van der Waals surface area contributed by atoms with E-state index >= 15 is 0 Å². The third kappa shape index (κ3) is 2.24. The first-order valence-electron chi connectivity index (χ1n) is 8.47. The monoisotopic (exact) mass is 352 g/mol. The van der Waals surface area contributed by atoms with Crippen LogP contribution in [0.25, 0.3) is 21.9 Å². The highest BCUT2D eigenvalue weighted by atomic mass is 16.5. The average molecular weight is 352 g/mol. The molecule has 0 saturated heterocycles. The van der Waals surface area contributed by atoms with Crippen LogP contribution in [0.15, 0.2) is 45.6 Å². The minimum atomic E-state index is -0.881. The molecule has 0 fully saturated rings. The van der Waals surface area contributed by atoms with Gasteiger partial charge >= 0.3 is 0 Å². The number of rotatable bonds is 2. The number of ether oxygens (including phenoxy) is 2. The van der Waals surface area contributed by atoms with Crippen LogP contribution in [0.5, 0.6) is 11.5 Å².